The zero-order valence-electron chi connectivity index (χ0n) is 49.7. The minimum absolute atomic E-state index is 0.461. The Morgan fingerprint density at radius 3 is 1.08 bits per heavy atom. The zero-order chi connectivity index (χ0) is 60.3. The molecule has 2 unspecified atom stereocenters. The number of rotatable bonds is 15. The van der Waals surface area contributed by atoms with Crippen molar-refractivity contribution in [3.8, 4) is 55.6 Å². The summed E-state index contributed by atoms with van der Waals surface area (Å²) < 4.78 is 17.8. The Morgan fingerprint density at radius 2 is 0.611 bits per heavy atom. The lowest BCUT2D eigenvalue weighted by atomic mass is 9.93. The highest BCUT2D eigenvalue weighted by Gasteiger charge is 2.54. The molecule has 0 bridgehead atoms. The third-order valence-electron chi connectivity index (χ3n) is 17.9. The number of hydrogen-bond donors (Lipinski definition) is 0. The van der Waals surface area contributed by atoms with Crippen molar-refractivity contribution >= 4 is 73.3 Å². The Bertz CT molecular complexity index is 4920. The molecule has 0 saturated heterocycles. The van der Waals surface area contributed by atoms with Gasteiger partial charge in [0, 0.05) is 44.9 Å². The topological polar surface area (TPSA) is 23.6 Å². The molecule has 0 fully saturated rings. The summed E-state index contributed by atoms with van der Waals surface area (Å²) in [4.78, 5) is 4.73. The molecule has 14 aromatic rings. The third kappa shape index (κ3) is 10.5. The van der Waals surface area contributed by atoms with Crippen LogP contribution in [0.1, 0.15) is 12.0 Å². The van der Waals surface area contributed by atoms with E-state index in [-0.39, 0.29) is 0 Å². The molecule has 14 aromatic carbocycles. The number of fused-ring (bicyclic) bond motifs is 2. The first kappa shape index (κ1) is 55.5. The van der Waals surface area contributed by atoms with Gasteiger partial charge in [-0.25, -0.2) is 0 Å². The monoisotopic (exact) mass is 1170 g/mol. The summed E-state index contributed by atoms with van der Waals surface area (Å²) in [5, 5.41) is 5.09. The van der Waals surface area contributed by atoms with Crippen LogP contribution in [0.5, 0.6) is 0 Å². The smallest absolute Gasteiger partial charge is 0.171 e. The Labute approximate surface area is 527 Å². The van der Waals surface area contributed by atoms with Crippen LogP contribution >= 0.6 is 7.14 Å². The van der Waals surface area contributed by atoms with Gasteiger partial charge in [-0.1, -0.05) is 315 Å². The molecule has 0 amide bonds. The van der Waals surface area contributed by atoms with E-state index in [1.54, 1.807) is 0 Å². The number of allylic oxidation sites excluding steroid dienone is 2. The van der Waals surface area contributed by atoms with E-state index in [2.05, 4.69) is 362 Å². The lowest BCUT2D eigenvalue weighted by Gasteiger charge is -2.49. The fourth-order valence-electron chi connectivity index (χ4n) is 13.3. The van der Waals surface area contributed by atoms with Gasteiger partial charge in [-0.2, -0.15) is 0 Å². The highest BCUT2D eigenvalue weighted by atomic mass is 31.2. The third-order valence-corrected chi connectivity index (χ3v) is 21.6. The van der Waals surface area contributed by atoms with Crippen LogP contribution in [0.4, 0.5) is 28.4 Å². The summed E-state index contributed by atoms with van der Waals surface area (Å²) in [6.45, 7) is 0. The average molecular weight is 1170 g/mol. The van der Waals surface area contributed by atoms with E-state index in [0.717, 1.165) is 99.9 Å². The van der Waals surface area contributed by atoms with Crippen LogP contribution in [0.3, 0.4) is 0 Å². The van der Waals surface area contributed by atoms with Gasteiger partial charge in [0.25, 0.3) is 0 Å². The van der Waals surface area contributed by atoms with E-state index in [0.29, 0.717) is 6.42 Å². The second-order valence-corrected chi connectivity index (χ2v) is 26.2. The molecular formula is C86H63N2OP. The highest BCUT2D eigenvalue weighted by molar-refractivity contribution is 7.80. The summed E-state index contributed by atoms with van der Waals surface area (Å²) in [5.41, 5.74) is 18.9. The molecule has 0 aromatic heterocycles. The van der Waals surface area contributed by atoms with Gasteiger partial charge in [-0.05, 0) is 132 Å². The molecule has 0 heterocycles. The normalized spacial score (nSPS) is 14.4. The summed E-state index contributed by atoms with van der Waals surface area (Å²) in [5.74, 6) is 0. The van der Waals surface area contributed by atoms with Crippen LogP contribution in [0, 0.1) is 0 Å². The molecule has 428 valence electrons. The first-order chi connectivity index (χ1) is 44.5. The summed E-state index contributed by atoms with van der Waals surface area (Å²) >= 11 is 0. The minimum Gasteiger partial charge on any atom is -0.323 e. The Morgan fingerprint density at radius 1 is 0.278 bits per heavy atom. The second kappa shape index (κ2) is 24.2. The highest BCUT2D eigenvalue weighted by Crippen LogP contribution is 2.64. The van der Waals surface area contributed by atoms with Crippen LogP contribution in [0.2, 0.25) is 0 Å². The first-order valence-electron chi connectivity index (χ1n) is 30.9. The molecule has 1 aliphatic carbocycles. The molecule has 0 aliphatic heterocycles. The van der Waals surface area contributed by atoms with Gasteiger partial charge < -0.3 is 14.4 Å². The maximum absolute atomic E-state index is 17.8. The van der Waals surface area contributed by atoms with Crippen molar-refractivity contribution in [2.45, 2.75) is 11.7 Å². The number of anilines is 5. The fourth-order valence-corrected chi connectivity index (χ4v) is 16.8. The van der Waals surface area contributed by atoms with Crippen molar-refractivity contribution in [2.24, 2.45) is 0 Å². The van der Waals surface area contributed by atoms with E-state index in [1.807, 2.05) is 18.2 Å². The molecule has 3 nitrogen and oxygen atoms in total. The fraction of sp³-hybridized carbons (Fsp3) is 0.0233. The van der Waals surface area contributed by atoms with Gasteiger partial charge in [-0.3, -0.25) is 0 Å². The van der Waals surface area contributed by atoms with Crippen LogP contribution in [-0.4, -0.2) is 5.28 Å². The van der Waals surface area contributed by atoms with Crippen LogP contribution in [0.15, 0.2) is 370 Å². The molecule has 1 aliphatic rings. The average Bonchev–Trinajstić information content (AvgIpc) is 0.774. The predicted octanol–water partition coefficient (Wildman–Crippen LogP) is 22.7. The van der Waals surface area contributed by atoms with E-state index in [1.165, 1.54) is 27.5 Å². The van der Waals surface area contributed by atoms with E-state index < -0.39 is 12.4 Å². The summed E-state index contributed by atoms with van der Waals surface area (Å²) in [6.07, 6.45) is 7.26. The van der Waals surface area contributed by atoms with Gasteiger partial charge in [0.2, 0.25) is 0 Å². The second-order valence-electron chi connectivity index (χ2n) is 23.1. The molecule has 0 radical (unpaired) electrons. The molecular weight excluding hydrogens is 1110 g/mol. The predicted molar refractivity (Wildman–Crippen MR) is 383 cm³/mol. The molecule has 90 heavy (non-hydrogen) atoms. The quantitative estimate of drug-likeness (QED) is 0.0956. The minimum atomic E-state index is -3.72. The largest absolute Gasteiger partial charge is 0.323 e. The number of benzene rings is 14. The van der Waals surface area contributed by atoms with Gasteiger partial charge in [0.1, 0.15) is 5.28 Å². The maximum atomic E-state index is 17.8. The van der Waals surface area contributed by atoms with Gasteiger partial charge in [-0.15, -0.1) is 0 Å². The van der Waals surface area contributed by atoms with Crippen LogP contribution in [0.25, 0.3) is 82.8 Å². The molecule has 15 rings (SSSR count). The van der Waals surface area contributed by atoms with Crippen molar-refractivity contribution in [1.82, 2.24) is 0 Å². The van der Waals surface area contributed by atoms with Gasteiger partial charge >= 0.3 is 0 Å². The number of hydrogen-bond acceptors (Lipinski definition) is 3. The van der Waals surface area contributed by atoms with Crippen LogP contribution in [-0.2, 0) is 4.57 Å². The zero-order valence-corrected chi connectivity index (χ0v) is 50.6. The van der Waals surface area contributed by atoms with E-state index in [9.17, 15) is 0 Å². The van der Waals surface area contributed by atoms with Gasteiger partial charge in [0.05, 0.1) is 11.4 Å². The lowest BCUT2D eigenvalue weighted by molar-refractivity contribution is 0.557. The molecule has 2 atom stereocenters. The maximum Gasteiger partial charge on any atom is 0.171 e. The van der Waals surface area contributed by atoms with Crippen molar-refractivity contribution in [3.63, 3.8) is 0 Å². The Hall–Kier alpha value is -11.1. The number of para-hydroxylation sites is 2. The Kier molecular flexibility index (Phi) is 14.9. The first-order valence-corrected chi connectivity index (χ1v) is 32.6. The van der Waals surface area contributed by atoms with E-state index >= 15 is 4.57 Å². The molecule has 0 N–H and O–H groups in total. The molecule has 4 heteroatoms. The van der Waals surface area contributed by atoms with Crippen LogP contribution < -0.4 is 20.4 Å². The number of nitrogens with zero attached hydrogens (tertiary/aromatic N) is 2. The SMILES string of the molecule is O=P(c1ccccc1)(c1ccc(-c2ccc(-c3ccc(-c4ccc(N(c5ccccc5)c5cccc6ccccc56)cc4)cc3)cc2)cc1)C1(N(c2ccccc2)c2cccc3ccccc23)C=CC(c2ccc(-c3ccc(-c4ccccc4)cc3)cc2)=CC1. The molecule has 0 saturated carbocycles. The van der Waals surface area contributed by atoms with Crippen molar-refractivity contribution in [3.05, 3.63) is 376 Å². The van der Waals surface area contributed by atoms with Crippen molar-refractivity contribution in [1.29, 1.82) is 0 Å². The van der Waals surface area contributed by atoms with Gasteiger partial charge in [0.15, 0.2) is 7.14 Å². The van der Waals surface area contributed by atoms with E-state index in [4.69, 9.17) is 0 Å². The molecule has 0 spiro atoms. The Balaban J connectivity index is 0.743. The summed E-state index contributed by atoms with van der Waals surface area (Å²) in [7, 11) is -3.72. The lowest BCUT2D eigenvalue weighted by Crippen LogP contribution is -2.50. The standard InChI is InChI=1S/C86H63N2OP/c89-90(80-29-11-4-12-30-80,81-57-53-73(54-58-81)70-45-41-67(42-46-70)66-39-43-69(44-40-66)72-51-55-78(56-52-72)87(77-25-7-2-8-26-77)84-33-17-23-75-21-13-15-31-82(75)84)86(88(79-27-9-3-10-28-79)85-34-18-24-76-22-14-16-32-83(76)85)61-59-74(60-62-86)71-49-47-68(48-50-71)65-37-35-64(36-38-65)63-19-5-1-6-20-63/h1-61H,62H2. The van der Waals surface area contributed by atoms with Crippen molar-refractivity contribution < 1.29 is 4.57 Å². The summed E-state index contributed by atoms with van der Waals surface area (Å²) in [6, 6.07) is 125. The van der Waals surface area contributed by atoms with Crippen molar-refractivity contribution in [2.75, 3.05) is 9.80 Å².